The number of allylic oxidation sites excluding steroid dienone is 3. The molecule has 3 rings (SSSR count). The molecule has 1 aromatic carbocycles. The normalized spacial score (nSPS) is 27.3. The van der Waals surface area contributed by atoms with E-state index in [2.05, 4.69) is 0 Å². The van der Waals surface area contributed by atoms with Crippen LogP contribution in [-0.4, -0.2) is 37.2 Å². The lowest BCUT2D eigenvalue weighted by Crippen LogP contribution is -2.45. The van der Waals surface area contributed by atoms with Gasteiger partial charge in [0, 0.05) is 25.6 Å². The Morgan fingerprint density at radius 1 is 1.22 bits per heavy atom. The lowest BCUT2D eigenvalue weighted by Gasteiger charge is -2.34. The molecule has 0 N–H and O–H groups in total. The van der Waals surface area contributed by atoms with Crippen molar-refractivity contribution < 1.29 is 13.2 Å². The number of hydrogen-bond acceptors (Lipinski definition) is 3. The molecular formula is C18H23NO3S. The van der Waals surface area contributed by atoms with Gasteiger partial charge in [-0.25, -0.2) is 8.42 Å². The fraction of sp³-hybridized carbons (Fsp3) is 0.444. The van der Waals surface area contributed by atoms with Crippen molar-refractivity contribution in [2.24, 2.45) is 5.92 Å². The lowest BCUT2D eigenvalue weighted by molar-refractivity contribution is 0.109. The number of sulfonamides is 1. The molecule has 2 atom stereocenters. The van der Waals surface area contributed by atoms with Crippen molar-refractivity contribution in [1.29, 1.82) is 0 Å². The van der Waals surface area contributed by atoms with E-state index >= 15 is 0 Å². The van der Waals surface area contributed by atoms with Gasteiger partial charge in [-0.3, -0.25) is 0 Å². The van der Waals surface area contributed by atoms with Crippen LogP contribution in [0.5, 0.6) is 0 Å². The zero-order valence-electron chi connectivity index (χ0n) is 13.4. The highest BCUT2D eigenvalue weighted by atomic mass is 32.2. The molecule has 0 amide bonds. The molecule has 5 heteroatoms. The Balaban J connectivity index is 1.59. The summed E-state index contributed by atoms with van der Waals surface area (Å²) in [6, 6.07) is 10.0. The average Bonchev–Trinajstić information content (AvgIpc) is 3.39. The van der Waals surface area contributed by atoms with Crippen molar-refractivity contribution in [2.45, 2.75) is 24.7 Å². The molecule has 124 valence electrons. The van der Waals surface area contributed by atoms with Crippen molar-refractivity contribution in [3.63, 3.8) is 0 Å². The number of nitrogens with zero attached hydrogens (tertiary/aromatic N) is 1. The van der Waals surface area contributed by atoms with Gasteiger partial charge >= 0.3 is 0 Å². The Morgan fingerprint density at radius 3 is 2.65 bits per heavy atom. The van der Waals surface area contributed by atoms with E-state index in [9.17, 15) is 8.42 Å². The molecule has 1 heterocycles. The van der Waals surface area contributed by atoms with Crippen molar-refractivity contribution in [3.05, 3.63) is 60.2 Å². The van der Waals surface area contributed by atoms with Crippen LogP contribution in [0.15, 0.2) is 54.6 Å². The van der Waals surface area contributed by atoms with E-state index in [1.165, 1.54) is 0 Å². The van der Waals surface area contributed by atoms with Crippen molar-refractivity contribution in [3.8, 4) is 0 Å². The topological polar surface area (TPSA) is 46.4 Å². The van der Waals surface area contributed by atoms with Crippen LogP contribution in [0.1, 0.15) is 18.9 Å². The first-order valence-electron chi connectivity index (χ1n) is 8.01. The summed E-state index contributed by atoms with van der Waals surface area (Å²) < 4.78 is 31.9. The molecule has 0 spiro atoms. The van der Waals surface area contributed by atoms with Gasteiger partial charge in [-0.1, -0.05) is 54.6 Å². The highest BCUT2D eigenvalue weighted by Gasteiger charge is 2.49. The second-order valence-corrected chi connectivity index (χ2v) is 8.61. The molecule has 1 saturated heterocycles. The maximum atomic E-state index is 12.7. The molecule has 23 heavy (non-hydrogen) atoms. The van der Waals surface area contributed by atoms with Crippen LogP contribution >= 0.6 is 0 Å². The van der Waals surface area contributed by atoms with Gasteiger partial charge in [-0.15, -0.1) is 0 Å². The van der Waals surface area contributed by atoms with Crippen molar-refractivity contribution >= 4 is 10.0 Å². The molecule has 1 aromatic rings. The van der Waals surface area contributed by atoms with Crippen LogP contribution in [0.4, 0.5) is 0 Å². The first-order valence-corrected chi connectivity index (χ1v) is 9.45. The number of rotatable bonds is 7. The summed E-state index contributed by atoms with van der Waals surface area (Å²) in [5, 5.41) is 0. The Kier molecular flexibility index (Phi) is 4.71. The smallest absolute Gasteiger partial charge is 0.223 e. The zero-order chi connectivity index (χ0) is 16.3. The highest BCUT2D eigenvalue weighted by molar-refractivity contribution is 7.90. The van der Waals surface area contributed by atoms with Crippen LogP contribution in [-0.2, 0) is 21.4 Å². The Morgan fingerprint density at radius 2 is 1.96 bits per heavy atom. The van der Waals surface area contributed by atoms with Gasteiger partial charge in [-0.2, -0.15) is 4.31 Å². The van der Waals surface area contributed by atoms with Gasteiger partial charge in [-0.05, 0) is 18.9 Å². The van der Waals surface area contributed by atoms with Crippen LogP contribution in [0.2, 0.25) is 0 Å². The highest BCUT2D eigenvalue weighted by Crippen LogP contribution is 2.38. The predicted molar refractivity (Wildman–Crippen MR) is 91.4 cm³/mol. The molecule has 2 unspecified atom stereocenters. The number of ether oxygens (including phenoxy) is 1. The number of hydrogen-bond donors (Lipinski definition) is 0. The first kappa shape index (κ1) is 16.4. The van der Waals surface area contributed by atoms with E-state index in [-0.39, 0.29) is 5.92 Å². The minimum absolute atomic E-state index is 0.0612. The maximum absolute atomic E-state index is 12.7. The fourth-order valence-electron chi connectivity index (χ4n) is 2.95. The van der Waals surface area contributed by atoms with E-state index in [4.69, 9.17) is 4.74 Å². The van der Waals surface area contributed by atoms with Crippen LogP contribution in [0.25, 0.3) is 0 Å². The SMILES string of the molecule is CC1(S(=O)(=O)N2CC2)C=CC=CC1CCOCc1ccccc1. The molecule has 0 saturated carbocycles. The zero-order valence-corrected chi connectivity index (χ0v) is 14.2. The average molecular weight is 333 g/mol. The van der Waals surface area contributed by atoms with Gasteiger partial charge in [0.15, 0.2) is 0 Å². The summed E-state index contributed by atoms with van der Waals surface area (Å²) in [5.41, 5.74) is 1.13. The molecule has 1 fully saturated rings. The summed E-state index contributed by atoms with van der Waals surface area (Å²) >= 11 is 0. The second-order valence-electron chi connectivity index (χ2n) is 6.27. The van der Waals surface area contributed by atoms with E-state index in [1.807, 2.05) is 61.6 Å². The third-order valence-corrected chi connectivity index (χ3v) is 7.20. The molecule has 1 aliphatic heterocycles. The summed E-state index contributed by atoms with van der Waals surface area (Å²) in [7, 11) is -3.29. The van der Waals surface area contributed by atoms with Crippen LogP contribution < -0.4 is 0 Å². The third kappa shape index (κ3) is 3.42. The standard InChI is InChI=1S/C18H23NO3S/c1-18(23(20,21)19-12-13-19)11-6-5-9-17(18)10-14-22-15-16-7-3-2-4-8-16/h2-9,11,17H,10,12-15H2,1H3. The van der Waals surface area contributed by atoms with Gasteiger partial charge in [0.2, 0.25) is 10.0 Å². The van der Waals surface area contributed by atoms with Crippen molar-refractivity contribution in [2.75, 3.05) is 19.7 Å². The Hall–Kier alpha value is -1.43. The molecule has 4 nitrogen and oxygen atoms in total. The van der Waals surface area contributed by atoms with E-state index in [0.717, 1.165) is 5.56 Å². The summed E-state index contributed by atoms with van der Waals surface area (Å²) in [4.78, 5) is 0. The van der Waals surface area contributed by atoms with E-state index in [1.54, 1.807) is 4.31 Å². The monoisotopic (exact) mass is 333 g/mol. The van der Waals surface area contributed by atoms with Gasteiger partial charge in [0.05, 0.1) is 6.61 Å². The molecule has 2 aliphatic rings. The van der Waals surface area contributed by atoms with E-state index in [0.29, 0.717) is 32.7 Å². The Labute approximate surface area is 138 Å². The van der Waals surface area contributed by atoms with Crippen molar-refractivity contribution in [1.82, 2.24) is 4.31 Å². The molecule has 0 radical (unpaired) electrons. The minimum Gasteiger partial charge on any atom is -0.377 e. The van der Waals surface area contributed by atoms with E-state index < -0.39 is 14.8 Å². The molecule has 0 bridgehead atoms. The second kappa shape index (κ2) is 6.59. The summed E-state index contributed by atoms with van der Waals surface area (Å²) in [6.07, 6.45) is 8.27. The lowest BCUT2D eigenvalue weighted by atomic mass is 9.87. The summed E-state index contributed by atoms with van der Waals surface area (Å²) in [5.74, 6) is -0.0612. The Bertz CT molecular complexity index is 692. The fourth-order valence-corrected chi connectivity index (χ4v) is 4.90. The third-order valence-electron chi connectivity index (χ3n) is 4.60. The molecule has 0 aromatic heterocycles. The molecular weight excluding hydrogens is 310 g/mol. The van der Waals surface area contributed by atoms with Gasteiger partial charge in [0.25, 0.3) is 0 Å². The quantitative estimate of drug-likeness (QED) is 0.569. The number of benzene rings is 1. The predicted octanol–water partition coefficient (Wildman–Crippen LogP) is 2.74. The maximum Gasteiger partial charge on any atom is 0.223 e. The minimum atomic E-state index is -3.29. The van der Waals surface area contributed by atoms with Crippen LogP contribution in [0.3, 0.4) is 0 Å². The largest absolute Gasteiger partial charge is 0.377 e. The van der Waals surface area contributed by atoms with Crippen LogP contribution in [0, 0.1) is 5.92 Å². The molecule has 1 aliphatic carbocycles. The van der Waals surface area contributed by atoms with Gasteiger partial charge in [0.1, 0.15) is 4.75 Å². The van der Waals surface area contributed by atoms with Gasteiger partial charge < -0.3 is 4.74 Å². The summed E-state index contributed by atoms with van der Waals surface area (Å²) in [6.45, 7) is 4.22. The first-order chi connectivity index (χ1) is 11.0.